The number of ether oxygens (including phenoxy) is 3. The lowest BCUT2D eigenvalue weighted by molar-refractivity contribution is 0.0149. The molecule has 0 radical (unpaired) electrons. The lowest BCUT2D eigenvalue weighted by atomic mass is 10.2. The number of hydrogen-bond donors (Lipinski definition) is 2. The number of rotatable bonds is 14. The third-order valence-corrected chi connectivity index (χ3v) is 2.21. The van der Waals surface area contributed by atoms with Crippen LogP contribution in [-0.2, 0) is 14.2 Å². The van der Waals surface area contributed by atoms with Gasteiger partial charge >= 0.3 is 0 Å². The molecule has 5 nitrogen and oxygen atoms in total. The van der Waals surface area contributed by atoms with Crippen LogP contribution in [0.5, 0.6) is 0 Å². The van der Waals surface area contributed by atoms with E-state index in [1.165, 1.54) is 0 Å². The summed E-state index contributed by atoms with van der Waals surface area (Å²) in [6.45, 7) is 11.0. The van der Waals surface area contributed by atoms with Crippen LogP contribution in [0, 0.1) is 5.92 Å². The molecule has 5 heteroatoms. The number of nitrogens with two attached hydrogens (primary N) is 1. The smallest absolute Gasteiger partial charge is 0.0701 e. The monoisotopic (exact) mass is 262 g/mol. The summed E-state index contributed by atoms with van der Waals surface area (Å²) in [7, 11) is 0. The first-order valence-electron chi connectivity index (χ1n) is 6.91. The zero-order valence-electron chi connectivity index (χ0n) is 12.0. The summed E-state index contributed by atoms with van der Waals surface area (Å²) in [5, 5.41) is 3.32. The van der Waals surface area contributed by atoms with Gasteiger partial charge in [-0.05, 0) is 25.4 Å². The second-order valence-corrected chi connectivity index (χ2v) is 4.58. The Morgan fingerprint density at radius 3 is 2.00 bits per heavy atom. The van der Waals surface area contributed by atoms with Gasteiger partial charge in [0, 0.05) is 13.2 Å². The van der Waals surface area contributed by atoms with Crippen LogP contribution in [0.3, 0.4) is 0 Å². The van der Waals surface area contributed by atoms with E-state index in [0.29, 0.717) is 38.9 Å². The Morgan fingerprint density at radius 1 is 0.889 bits per heavy atom. The van der Waals surface area contributed by atoms with Crippen molar-refractivity contribution in [2.75, 3.05) is 59.3 Å². The van der Waals surface area contributed by atoms with E-state index >= 15 is 0 Å². The van der Waals surface area contributed by atoms with Gasteiger partial charge in [-0.15, -0.1) is 0 Å². The second kappa shape index (κ2) is 14.9. The van der Waals surface area contributed by atoms with Crippen molar-refractivity contribution >= 4 is 0 Å². The Kier molecular flexibility index (Phi) is 14.7. The molecule has 0 unspecified atom stereocenters. The third-order valence-electron chi connectivity index (χ3n) is 2.21. The molecule has 0 aromatic heterocycles. The van der Waals surface area contributed by atoms with Crippen LogP contribution in [0.4, 0.5) is 0 Å². The highest BCUT2D eigenvalue weighted by atomic mass is 16.5. The van der Waals surface area contributed by atoms with Crippen molar-refractivity contribution in [1.29, 1.82) is 0 Å². The van der Waals surface area contributed by atoms with Crippen molar-refractivity contribution < 1.29 is 14.2 Å². The standard InChI is InChI=1S/C13H30N2O3/c1-13(2)12-15-5-7-17-9-11-18-10-8-16-6-3-4-14/h13,15H,3-12,14H2,1-2H3. The Morgan fingerprint density at radius 2 is 1.44 bits per heavy atom. The molecule has 0 saturated heterocycles. The first kappa shape index (κ1) is 17.8. The van der Waals surface area contributed by atoms with Crippen LogP contribution in [0.15, 0.2) is 0 Å². The van der Waals surface area contributed by atoms with Gasteiger partial charge in [-0.2, -0.15) is 0 Å². The summed E-state index contributed by atoms with van der Waals surface area (Å²) in [4.78, 5) is 0. The molecule has 0 bridgehead atoms. The van der Waals surface area contributed by atoms with Gasteiger partial charge in [-0.3, -0.25) is 0 Å². The Bertz CT molecular complexity index is 157. The van der Waals surface area contributed by atoms with E-state index in [1.807, 2.05) is 0 Å². The predicted octanol–water partition coefficient (Wildman–Crippen LogP) is 0.631. The van der Waals surface area contributed by atoms with Gasteiger partial charge in [0.2, 0.25) is 0 Å². The molecule has 0 heterocycles. The van der Waals surface area contributed by atoms with Crippen molar-refractivity contribution in [3.8, 4) is 0 Å². The fraction of sp³-hybridized carbons (Fsp3) is 1.00. The minimum absolute atomic E-state index is 0.625. The highest BCUT2D eigenvalue weighted by Gasteiger charge is 1.93. The van der Waals surface area contributed by atoms with Crippen LogP contribution in [0.1, 0.15) is 20.3 Å². The van der Waals surface area contributed by atoms with E-state index in [2.05, 4.69) is 19.2 Å². The average Bonchev–Trinajstić information content (AvgIpc) is 2.34. The largest absolute Gasteiger partial charge is 0.379 e. The van der Waals surface area contributed by atoms with Gasteiger partial charge in [0.1, 0.15) is 0 Å². The van der Waals surface area contributed by atoms with Crippen LogP contribution in [0.2, 0.25) is 0 Å². The molecule has 0 saturated carbocycles. The molecular formula is C13H30N2O3. The molecule has 0 amide bonds. The fourth-order valence-electron chi connectivity index (χ4n) is 1.26. The Hall–Kier alpha value is -0.200. The fourth-order valence-corrected chi connectivity index (χ4v) is 1.26. The van der Waals surface area contributed by atoms with Crippen LogP contribution >= 0.6 is 0 Å². The maximum atomic E-state index is 5.42. The molecule has 0 atom stereocenters. The Labute approximate surface area is 111 Å². The lowest BCUT2D eigenvalue weighted by Gasteiger charge is -2.08. The van der Waals surface area contributed by atoms with Gasteiger partial charge in [0.25, 0.3) is 0 Å². The maximum Gasteiger partial charge on any atom is 0.0701 e. The zero-order valence-corrected chi connectivity index (χ0v) is 12.0. The summed E-state index contributed by atoms with van der Waals surface area (Å²) in [6.07, 6.45) is 0.909. The maximum absolute atomic E-state index is 5.42. The minimum Gasteiger partial charge on any atom is -0.379 e. The second-order valence-electron chi connectivity index (χ2n) is 4.58. The van der Waals surface area contributed by atoms with Crippen molar-refractivity contribution in [2.45, 2.75) is 20.3 Å². The topological polar surface area (TPSA) is 65.7 Å². The average molecular weight is 262 g/mol. The van der Waals surface area contributed by atoms with E-state index in [1.54, 1.807) is 0 Å². The first-order chi connectivity index (χ1) is 8.77. The molecule has 0 spiro atoms. The van der Waals surface area contributed by atoms with Gasteiger partial charge in [-0.1, -0.05) is 13.8 Å². The molecule has 0 aromatic carbocycles. The SMILES string of the molecule is CC(C)CNCCOCCOCCOCCCN. The van der Waals surface area contributed by atoms with Crippen LogP contribution in [0.25, 0.3) is 0 Å². The molecular weight excluding hydrogens is 232 g/mol. The van der Waals surface area contributed by atoms with E-state index in [0.717, 1.165) is 32.7 Å². The molecule has 18 heavy (non-hydrogen) atoms. The summed E-state index contributed by atoms with van der Waals surface area (Å²) < 4.78 is 16.1. The van der Waals surface area contributed by atoms with Gasteiger partial charge < -0.3 is 25.3 Å². The van der Waals surface area contributed by atoms with E-state index in [-0.39, 0.29) is 0 Å². The van der Waals surface area contributed by atoms with E-state index < -0.39 is 0 Å². The molecule has 0 aromatic rings. The van der Waals surface area contributed by atoms with E-state index in [9.17, 15) is 0 Å². The summed E-state index contributed by atoms with van der Waals surface area (Å²) in [6, 6.07) is 0. The minimum atomic E-state index is 0.625. The molecule has 0 fully saturated rings. The third kappa shape index (κ3) is 15.8. The normalized spacial score (nSPS) is 11.3. The van der Waals surface area contributed by atoms with E-state index in [4.69, 9.17) is 19.9 Å². The number of hydrogen-bond acceptors (Lipinski definition) is 5. The van der Waals surface area contributed by atoms with Crippen molar-refractivity contribution in [2.24, 2.45) is 11.7 Å². The van der Waals surface area contributed by atoms with Gasteiger partial charge in [0.05, 0.1) is 33.0 Å². The summed E-state index contributed by atoms with van der Waals surface area (Å²) >= 11 is 0. The van der Waals surface area contributed by atoms with Crippen LogP contribution in [-0.4, -0.2) is 59.3 Å². The molecule has 0 aliphatic rings. The zero-order chi connectivity index (χ0) is 13.5. The number of nitrogens with one attached hydrogen (secondary N) is 1. The first-order valence-corrected chi connectivity index (χ1v) is 6.91. The molecule has 0 aliphatic heterocycles. The highest BCUT2D eigenvalue weighted by molar-refractivity contribution is 4.49. The van der Waals surface area contributed by atoms with Gasteiger partial charge in [-0.25, -0.2) is 0 Å². The highest BCUT2D eigenvalue weighted by Crippen LogP contribution is 1.86. The van der Waals surface area contributed by atoms with Gasteiger partial charge in [0.15, 0.2) is 0 Å². The van der Waals surface area contributed by atoms with Crippen molar-refractivity contribution in [3.05, 3.63) is 0 Å². The molecule has 110 valence electrons. The Balaban J connectivity index is 2.90. The summed E-state index contributed by atoms with van der Waals surface area (Å²) in [5.74, 6) is 0.688. The molecule has 0 aliphatic carbocycles. The molecule has 3 N–H and O–H groups in total. The van der Waals surface area contributed by atoms with Crippen LogP contribution < -0.4 is 11.1 Å². The van der Waals surface area contributed by atoms with Crippen molar-refractivity contribution in [1.82, 2.24) is 5.32 Å². The predicted molar refractivity (Wildman–Crippen MR) is 73.8 cm³/mol. The van der Waals surface area contributed by atoms with Crippen molar-refractivity contribution in [3.63, 3.8) is 0 Å². The lowest BCUT2D eigenvalue weighted by Crippen LogP contribution is -2.24. The quantitative estimate of drug-likeness (QED) is 0.450. The molecule has 0 rings (SSSR count). The summed E-state index contributed by atoms with van der Waals surface area (Å²) in [5.41, 5.74) is 5.34.